The highest BCUT2D eigenvalue weighted by Crippen LogP contribution is 2.30. The molecule has 1 N–H and O–H groups in total. The summed E-state index contributed by atoms with van der Waals surface area (Å²) in [5.74, 6) is 0.730. The Balaban J connectivity index is 2.46. The molecule has 18 heavy (non-hydrogen) atoms. The number of methoxy groups -OCH3 is 1. The van der Waals surface area contributed by atoms with E-state index >= 15 is 0 Å². The Morgan fingerprint density at radius 3 is 2.61 bits per heavy atom. The van der Waals surface area contributed by atoms with Crippen molar-refractivity contribution in [2.45, 2.75) is 19.4 Å². The Kier molecular flexibility index (Phi) is 3.34. The van der Waals surface area contributed by atoms with E-state index in [9.17, 15) is 5.11 Å². The third kappa shape index (κ3) is 2.36. The van der Waals surface area contributed by atoms with Gasteiger partial charge in [0.2, 0.25) is 0 Å². The van der Waals surface area contributed by atoms with Crippen LogP contribution in [0.4, 0.5) is 0 Å². The molecule has 0 radical (unpaired) electrons. The molecule has 3 nitrogen and oxygen atoms in total. The number of aromatic nitrogens is 1. The predicted octanol–water partition coefficient (Wildman–Crippen LogP) is 2.65. The first-order valence-electron chi connectivity index (χ1n) is 5.83. The largest absolute Gasteiger partial charge is 0.497 e. The Bertz CT molecular complexity index is 550. The van der Waals surface area contributed by atoms with Crippen molar-refractivity contribution in [3.05, 3.63) is 59.4 Å². The molecule has 1 aromatic heterocycles. The first-order chi connectivity index (χ1) is 8.54. The SMILES string of the molecule is COc1cccc(C(C)(O)c2cncc(C)c2)c1. The lowest BCUT2D eigenvalue weighted by molar-refractivity contribution is 0.101. The molecule has 0 spiro atoms. The van der Waals surface area contributed by atoms with Crippen LogP contribution in [0.25, 0.3) is 0 Å². The Morgan fingerprint density at radius 2 is 1.94 bits per heavy atom. The molecule has 0 fully saturated rings. The minimum Gasteiger partial charge on any atom is -0.497 e. The summed E-state index contributed by atoms with van der Waals surface area (Å²) in [4.78, 5) is 4.13. The number of benzene rings is 1. The lowest BCUT2D eigenvalue weighted by atomic mass is 9.88. The van der Waals surface area contributed by atoms with E-state index in [0.29, 0.717) is 0 Å². The van der Waals surface area contributed by atoms with Gasteiger partial charge in [0.05, 0.1) is 7.11 Å². The maximum atomic E-state index is 10.7. The number of rotatable bonds is 3. The lowest BCUT2D eigenvalue weighted by Gasteiger charge is -2.24. The van der Waals surface area contributed by atoms with Crippen LogP contribution in [-0.2, 0) is 5.60 Å². The highest BCUT2D eigenvalue weighted by Gasteiger charge is 2.26. The van der Waals surface area contributed by atoms with Crippen LogP contribution in [0.1, 0.15) is 23.6 Å². The topological polar surface area (TPSA) is 42.4 Å². The standard InChI is InChI=1S/C15H17NO2/c1-11-7-13(10-16-9-11)15(2,17)12-5-4-6-14(8-12)18-3/h4-10,17H,1-3H3. The summed E-state index contributed by atoms with van der Waals surface area (Å²) in [6, 6.07) is 9.37. The van der Waals surface area contributed by atoms with Crippen molar-refractivity contribution >= 4 is 0 Å². The summed E-state index contributed by atoms with van der Waals surface area (Å²) in [5.41, 5.74) is 1.51. The Labute approximate surface area is 107 Å². The zero-order chi connectivity index (χ0) is 13.2. The second-order valence-corrected chi connectivity index (χ2v) is 4.56. The molecule has 0 amide bonds. The van der Waals surface area contributed by atoms with E-state index in [1.165, 1.54) is 0 Å². The van der Waals surface area contributed by atoms with Crippen LogP contribution >= 0.6 is 0 Å². The summed E-state index contributed by atoms with van der Waals surface area (Å²) >= 11 is 0. The predicted molar refractivity (Wildman–Crippen MR) is 70.6 cm³/mol. The van der Waals surface area contributed by atoms with Crippen molar-refractivity contribution in [1.82, 2.24) is 4.98 Å². The molecule has 1 atom stereocenters. The van der Waals surface area contributed by atoms with Gasteiger partial charge < -0.3 is 9.84 Å². The summed E-state index contributed by atoms with van der Waals surface area (Å²) in [7, 11) is 1.61. The van der Waals surface area contributed by atoms with Crippen molar-refractivity contribution < 1.29 is 9.84 Å². The van der Waals surface area contributed by atoms with E-state index in [1.807, 2.05) is 37.3 Å². The quantitative estimate of drug-likeness (QED) is 0.901. The second kappa shape index (κ2) is 4.78. The van der Waals surface area contributed by atoms with Gasteiger partial charge in [-0.25, -0.2) is 0 Å². The molecule has 1 heterocycles. The van der Waals surface area contributed by atoms with E-state index in [0.717, 1.165) is 22.4 Å². The fourth-order valence-electron chi connectivity index (χ4n) is 1.91. The fraction of sp³-hybridized carbons (Fsp3) is 0.267. The maximum absolute atomic E-state index is 10.7. The average Bonchev–Trinajstić information content (AvgIpc) is 2.39. The van der Waals surface area contributed by atoms with Gasteiger partial charge in [-0.2, -0.15) is 0 Å². The van der Waals surface area contributed by atoms with Crippen molar-refractivity contribution in [3.63, 3.8) is 0 Å². The number of ether oxygens (including phenoxy) is 1. The van der Waals surface area contributed by atoms with Crippen LogP contribution in [0, 0.1) is 6.92 Å². The number of pyridine rings is 1. The number of hydrogen-bond acceptors (Lipinski definition) is 3. The lowest BCUT2D eigenvalue weighted by Crippen LogP contribution is -2.23. The monoisotopic (exact) mass is 243 g/mol. The number of nitrogens with zero attached hydrogens (tertiary/aromatic N) is 1. The summed E-state index contributed by atoms with van der Waals surface area (Å²) in [6.45, 7) is 3.72. The van der Waals surface area contributed by atoms with Crippen molar-refractivity contribution in [3.8, 4) is 5.75 Å². The van der Waals surface area contributed by atoms with Crippen molar-refractivity contribution in [2.24, 2.45) is 0 Å². The summed E-state index contributed by atoms with van der Waals surface area (Å²) in [6.07, 6.45) is 3.46. The van der Waals surface area contributed by atoms with Crippen LogP contribution < -0.4 is 4.74 Å². The van der Waals surface area contributed by atoms with Crippen molar-refractivity contribution in [2.75, 3.05) is 7.11 Å². The minimum absolute atomic E-state index is 0.730. The molecule has 0 saturated heterocycles. The highest BCUT2D eigenvalue weighted by atomic mass is 16.5. The second-order valence-electron chi connectivity index (χ2n) is 4.56. The molecule has 0 aliphatic carbocycles. The molecular formula is C15H17NO2. The molecular weight excluding hydrogens is 226 g/mol. The van der Waals surface area contributed by atoms with Gasteiger partial charge in [0.25, 0.3) is 0 Å². The zero-order valence-corrected chi connectivity index (χ0v) is 10.8. The van der Waals surface area contributed by atoms with Gasteiger partial charge in [-0.05, 0) is 43.2 Å². The van der Waals surface area contributed by atoms with Gasteiger partial charge in [0, 0.05) is 18.0 Å². The number of aryl methyl sites for hydroxylation is 1. The molecule has 0 saturated carbocycles. The Hall–Kier alpha value is -1.87. The molecule has 0 bridgehead atoms. The van der Waals surface area contributed by atoms with Crippen LogP contribution in [0.3, 0.4) is 0 Å². The third-order valence-electron chi connectivity index (χ3n) is 3.07. The average molecular weight is 243 g/mol. The van der Waals surface area contributed by atoms with Gasteiger partial charge >= 0.3 is 0 Å². The van der Waals surface area contributed by atoms with Crippen LogP contribution in [0.15, 0.2) is 42.7 Å². The van der Waals surface area contributed by atoms with Crippen LogP contribution in [0.5, 0.6) is 5.75 Å². The third-order valence-corrected chi connectivity index (χ3v) is 3.07. The smallest absolute Gasteiger partial charge is 0.119 e. The van der Waals surface area contributed by atoms with Gasteiger partial charge in [0.1, 0.15) is 11.4 Å². The number of hydrogen-bond donors (Lipinski definition) is 1. The van der Waals surface area contributed by atoms with E-state index in [1.54, 1.807) is 26.4 Å². The maximum Gasteiger partial charge on any atom is 0.119 e. The Morgan fingerprint density at radius 1 is 1.17 bits per heavy atom. The molecule has 94 valence electrons. The number of aliphatic hydroxyl groups is 1. The van der Waals surface area contributed by atoms with Gasteiger partial charge in [-0.1, -0.05) is 12.1 Å². The molecule has 1 aromatic carbocycles. The summed E-state index contributed by atoms with van der Waals surface area (Å²) < 4.78 is 5.18. The fourth-order valence-corrected chi connectivity index (χ4v) is 1.91. The van der Waals surface area contributed by atoms with E-state index in [4.69, 9.17) is 4.74 Å². The van der Waals surface area contributed by atoms with Crippen molar-refractivity contribution in [1.29, 1.82) is 0 Å². The molecule has 2 rings (SSSR count). The first-order valence-corrected chi connectivity index (χ1v) is 5.83. The normalized spacial score (nSPS) is 14.0. The summed E-state index contributed by atoms with van der Waals surface area (Å²) in [5, 5.41) is 10.7. The minimum atomic E-state index is -1.08. The highest BCUT2D eigenvalue weighted by molar-refractivity contribution is 5.39. The van der Waals surface area contributed by atoms with E-state index in [2.05, 4.69) is 4.98 Å². The van der Waals surface area contributed by atoms with E-state index in [-0.39, 0.29) is 0 Å². The first kappa shape index (κ1) is 12.6. The van der Waals surface area contributed by atoms with E-state index < -0.39 is 5.60 Å². The van der Waals surface area contributed by atoms with Gasteiger partial charge in [-0.15, -0.1) is 0 Å². The molecule has 0 aliphatic rings. The van der Waals surface area contributed by atoms with Gasteiger partial charge in [0.15, 0.2) is 0 Å². The zero-order valence-electron chi connectivity index (χ0n) is 10.8. The molecule has 0 aliphatic heterocycles. The molecule has 3 heteroatoms. The van der Waals surface area contributed by atoms with Gasteiger partial charge in [-0.3, -0.25) is 4.98 Å². The molecule has 1 unspecified atom stereocenters. The van der Waals surface area contributed by atoms with Crippen LogP contribution in [-0.4, -0.2) is 17.2 Å². The van der Waals surface area contributed by atoms with Crippen LogP contribution in [0.2, 0.25) is 0 Å². The molecule has 2 aromatic rings.